The minimum Gasteiger partial charge on any atom is -0.321 e. The molecule has 4 nitrogen and oxygen atoms in total. The molecule has 2 heterocycles. The van der Waals surface area contributed by atoms with Crippen molar-refractivity contribution < 1.29 is 9.59 Å². The molecule has 0 bridgehead atoms. The third-order valence-corrected chi connectivity index (χ3v) is 4.90. The average Bonchev–Trinajstić information content (AvgIpc) is 3.19. The van der Waals surface area contributed by atoms with E-state index in [1.54, 1.807) is 41.0 Å². The number of Topliss-reactive ketones (excluding diaryl/α,β-unsaturated/α-hetero) is 1. The van der Waals surface area contributed by atoms with Crippen LogP contribution in [-0.2, 0) is 0 Å². The molecule has 2 aromatic heterocycles. The molecule has 0 fully saturated rings. The maximum atomic E-state index is 12.2. The summed E-state index contributed by atoms with van der Waals surface area (Å²) in [6.45, 7) is 1.51. The second-order valence-electron chi connectivity index (χ2n) is 4.60. The number of thiazole rings is 1. The van der Waals surface area contributed by atoms with Crippen molar-refractivity contribution in [3.63, 3.8) is 0 Å². The molecule has 110 valence electrons. The van der Waals surface area contributed by atoms with Crippen LogP contribution in [0.3, 0.4) is 0 Å². The number of hydrogen-bond donors (Lipinski definition) is 1. The molecule has 1 aromatic carbocycles. The summed E-state index contributed by atoms with van der Waals surface area (Å²) in [6.07, 6.45) is 0. The van der Waals surface area contributed by atoms with E-state index in [0.29, 0.717) is 16.9 Å². The van der Waals surface area contributed by atoms with Crippen LogP contribution in [0.1, 0.15) is 27.8 Å². The van der Waals surface area contributed by atoms with Crippen LogP contribution >= 0.6 is 22.7 Å². The second-order valence-corrected chi connectivity index (χ2v) is 6.41. The Balaban J connectivity index is 1.73. The predicted molar refractivity (Wildman–Crippen MR) is 89.8 cm³/mol. The van der Waals surface area contributed by atoms with E-state index in [4.69, 9.17) is 0 Å². The van der Waals surface area contributed by atoms with E-state index in [0.717, 1.165) is 9.88 Å². The van der Waals surface area contributed by atoms with Crippen molar-refractivity contribution in [2.45, 2.75) is 6.92 Å². The van der Waals surface area contributed by atoms with E-state index in [1.807, 2.05) is 17.5 Å². The van der Waals surface area contributed by atoms with Crippen LogP contribution in [0.2, 0.25) is 0 Å². The standard InChI is InChI=1S/C16H12N2O2S2/c1-10(19)11-4-6-12(7-5-11)17-15(20)13-9-22-16(18-13)14-3-2-8-21-14/h2-9H,1H3,(H,17,20). The fourth-order valence-electron chi connectivity index (χ4n) is 1.87. The Kier molecular flexibility index (Phi) is 4.13. The number of aromatic nitrogens is 1. The molecular formula is C16H12N2O2S2. The lowest BCUT2D eigenvalue weighted by molar-refractivity contribution is 0.101. The lowest BCUT2D eigenvalue weighted by Gasteiger charge is -2.03. The van der Waals surface area contributed by atoms with Crippen LogP contribution in [0.5, 0.6) is 0 Å². The van der Waals surface area contributed by atoms with Gasteiger partial charge in [-0.25, -0.2) is 4.98 Å². The first-order chi connectivity index (χ1) is 10.6. The summed E-state index contributed by atoms with van der Waals surface area (Å²) >= 11 is 3.04. The number of carbonyl (C=O) groups excluding carboxylic acids is 2. The minimum atomic E-state index is -0.255. The Morgan fingerprint density at radius 2 is 1.86 bits per heavy atom. The molecule has 6 heteroatoms. The van der Waals surface area contributed by atoms with Gasteiger partial charge in [0.2, 0.25) is 0 Å². The first-order valence-electron chi connectivity index (χ1n) is 6.55. The predicted octanol–water partition coefficient (Wildman–Crippen LogP) is 4.33. The summed E-state index contributed by atoms with van der Waals surface area (Å²) in [5, 5.41) is 7.34. The lowest BCUT2D eigenvalue weighted by atomic mass is 10.1. The smallest absolute Gasteiger partial charge is 0.275 e. The third kappa shape index (κ3) is 3.13. The highest BCUT2D eigenvalue weighted by atomic mass is 32.1. The van der Waals surface area contributed by atoms with E-state index in [2.05, 4.69) is 10.3 Å². The molecule has 0 spiro atoms. The molecule has 0 unspecified atom stereocenters. The molecule has 0 atom stereocenters. The first-order valence-corrected chi connectivity index (χ1v) is 8.31. The summed E-state index contributed by atoms with van der Waals surface area (Å²) in [5.41, 5.74) is 1.65. The maximum absolute atomic E-state index is 12.2. The van der Waals surface area contributed by atoms with Crippen molar-refractivity contribution in [3.05, 3.63) is 58.4 Å². The van der Waals surface area contributed by atoms with Crippen LogP contribution < -0.4 is 5.32 Å². The summed E-state index contributed by atoms with van der Waals surface area (Å²) in [4.78, 5) is 28.8. The topological polar surface area (TPSA) is 59.1 Å². The van der Waals surface area contributed by atoms with Crippen molar-refractivity contribution in [3.8, 4) is 9.88 Å². The van der Waals surface area contributed by atoms with Crippen LogP contribution in [-0.4, -0.2) is 16.7 Å². The lowest BCUT2D eigenvalue weighted by Crippen LogP contribution is -2.12. The normalized spacial score (nSPS) is 10.4. The SMILES string of the molecule is CC(=O)c1ccc(NC(=O)c2csc(-c3cccs3)n2)cc1. The molecule has 0 saturated heterocycles. The molecule has 3 rings (SSSR count). The van der Waals surface area contributed by atoms with E-state index in [-0.39, 0.29) is 11.7 Å². The molecule has 0 aliphatic rings. The third-order valence-electron chi connectivity index (χ3n) is 3.02. The molecule has 3 aromatic rings. The molecule has 0 saturated carbocycles. The van der Waals surface area contributed by atoms with Crippen molar-refractivity contribution in [2.75, 3.05) is 5.32 Å². The number of carbonyl (C=O) groups is 2. The molecule has 0 radical (unpaired) electrons. The highest BCUT2D eigenvalue weighted by molar-refractivity contribution is 7.20. The number of anilines is 1. The van der Waals surface area contributed by atoms with Gasteiger partial charge in [0.25, 0.3) is 5.91 Å². The van der Waals surface area contributed by atoms with Crippen LogP contribution in [0.25, 0.3) is 9.88 Å². The highest BCUT2D eigenvalue weighted by Gasteiger charge is 2.12. The van der Waals surface area contributed by atoms with Crippen molar-refractivity contribution in [2.24, 2.45) is 0 Å². The van der Waals surface area contributed by atoms with Gasteiger partial charge in [-0.15, -0.1) is 22.7 Å². The molecular weight excluding hydrogens is 316 g/mol. The number of ketones is 1. The Morgan fingerprint density at radius 3 is 2.50 bits per heavy atom. The van der Waals surface area contributed by atoms with E-state index < -0.39 is 0 Å². The zero-order valence-electron chi connectivity index (χ0n) is 11.7. The van der Waals surface area contributed by atoms with Gasteiger partial charge in [0.1, 0.15) is 10.7 Å². The highest BCUT2D eigenvalue weighted by Crippen LogP contribution is 2.28. The number of thiophene rings is 1. The summed E-state index contributed by atoms with van der Waals surface area (Å²) in [5.74, 6) is -0.257. The Hall–Kier alpha value is -2.31. The zero-order chi connectivity index (χ0) is 15.5. The number of amides is 1. The maximum Gasteiger partial charge on any atom is 0.275 e. The number of nitrogens with one attached hydrogen (secondary N) is 1. The van der Waals surface area contributed by atoms with E-state index in [9.17, 15) is 9.59 Å². The minimum absolute atomic E-state index is 0.00188. The summed E-state index contributed by atoms with van der Waals surface area (Å²) in [7, 11) is 0. The van der Waals surface area contributed by atoms with Gasteiger partial charge in [0.05, 0.1) is 4.88 Å². The monoisotopic (exact) mass is 328 g/mol. The quantitative estimate of drug-likeness (QED) is 0.725. The fraction of sp³-hybridized carbons (Fsp3) is 0.0625. The molecule has 0 aliphatic heterocycles. The van der Waals surface area contributed by atoms with E-state index >= 15 is 0 Å². The summed E-state index contributed by atoms with van der Waals surface area (Å²) in [6, 6.07) is 10.7. The van der Waals surface area contributed by atoms with Gasteiger partial charge < -0.3 is 5.32 Å². The van der Waals surface area contributed by atoms with Crippen LogP contribution in [0, 0.1) is 0 Å². The average molecular weight is 328 g/mol. The van der Waals surface area contributed by atoms with Gasteiger partial charge in [-0.3, -0.25) is 9.59 Å². The van der Waals surface area contributed by atoms with Gasteiger partial charge in [0.15, 0.2) is 5.78 Å². The van der Waals surface area contributed by atoms with Gasteiger partial charge in [-0.2, -0.15) is 0 Å². The van der Waals surface area contributed by atoms with Gasteiger partial charge >= 0.3 is 0 Å². The number of benzene rings is 1. The fourth-order valence-corrected chi connectivity index (χ4v) is 3.49. The van der Waals surface area contributed by atoms with Crippen molar-refractivity contribution in [1.82, 2.24) is 4.98 Å². The van der Waals surface area contributed by atoms with Gasteiger partial charge in [-0.05, 0) is 42.6 Å². The van der Waals surface area contributed by atoms with Crippen molar-refractivity contribution >= 4 is 40.1 Å². The molecule has 0 aliphatic carbocycles. The van der Waals surface area contributed by atoms with Crippen LogP contribution in [0.4, 0.5) is 5.69 Å². The van der Waals surface area contributed by atoms with Crippen molar-refractivity contribution in [1.29, 1.82) is 0 Å². The Bertz CT molecular complexity index is 805. The zero-order valence-corrected chi connectivity index (χ0v) is 13.3. The second kappa shape index (κ2) is 6.21. The molecule has 22 heavy (non-hydrogen) atoms. The van der Waals surface area contributed by atoms with Crippen LogP contribution in [0.15, 0.2) is 47.2 Å². The summed E-state index contributed by atoms with van der Waals surface area (Å²) < 4.78 is 0. The molecule has 1 N–H and O–H groups in total. The Labute approximate surface area is 135 Å². The number of rotatable bonds is 4. The first kappa shape index (κ1) is 14.6. The Morgan fingerprint density at radius 1 is 1.09 bits per heavy atom. The number of hydrogen-bond acceptors (Lipinski definition) is 5. The van der Waals surface area contributed by atoms with E-state index in [1.165, 1.54) is 18.3 Å². The van der Waals surface area contributed by atoms with Gasteiger partial charge in [0, 0.05) is 16.6 Å². The largest absolute Gasteiger partial charge is 0.321 e. The van der Waals surface area contributed by atoms with Gasteiger partial charge in [-0.1, -0.05) is 6.07 Å². The molecule has 1 amide bonds. The number of nitrogens with zero attached hydrogens (tertiary/aromatic N) is 1.